The molecule has 2 amide bonds. The fourth-order valence-corrected chi connectivity index (χ4v) is 4.03. The van der Waals surface area contributed by atoms with Gasteiger partial charge in [-0.25, -0.2) is 4.98 Å². The van der Waals surface area contributed by atoms with E-state index in [0.29, 0.717) is 33.0 Å². The molecule has 174 valence electrons. The summed E-state index contributed by atoms with van der Waals surface area (Å²) in [6.07, 6.45) is 0. The Labute approximate surface area is 205 Å². The topological polar surface area (TPSA) is 109 Å². The van der Waals surface area contributed by atoms with Crippen LogP contribution >= 0.6 is 35.0 Å². The number of nitrogens with one attached hydrogen (secondary N) is 3. The van der Waals surface area contributed by atoms with Gasteiger partial charge in [-0.15, -0.1) is 5.10 Å². The summed E-state index contributed by atoms with van der Waals surface area (Å²) in [5.74, 6) is 0.722. The van der Waals surface area contributed by atoms with Crippen molar-refractivity contribution in [1.29, 1.82) is 0 Å². The number of aromatic nitrogens is 3. The molecular weight excluding hydrogens is 485 g/mol. The molecule has 3 N–H and O–H groups in total. The van der Waals surface area contributed by atoms with Crippen LogP contribution in [0.2, 0.25) is 10.0 Å². The van der Waals surface area contributed by atoms with E-state index in [-0.39, 0.29) is 28.5 Å². The van der Waals surface area contributed by atoms with Gasteiger partial charge in [-0.05, 0) is 36.2 Å². The van der Waals surface area contributed by atoms with Crippen molar-refractivity contribution in [3.63, 3.8) is 0 Å². The van der Waals surface area contributed by atoms with E-state index >= 15 is 0 Å². The Bertz CT molecular complexity index is 1140. The number of methoxy groups -OCH3 is 1. The lowest BCUT2D eigenvalue weighted by Gasteiger charge is -2.20. The molecule has 0 saturated heterocycles. The van der Waals surface area contributed by atoms with Crippen LogP contribution in [0.15, 0.2) is 47.6 Å². The first-order valence-corrected chi connectivity index (χ1v) is 11.8. The maximum atomic E-state index is 12.7. The second kappa shape index (κ2) is 11.4. The molecule has 1 atom stereocenters. The molecule has 0 radical (unpaired) electrons. The van der Waals surface area contributed by atoms with Gasteiger partial charge in [0.05, 0.1) is 29.5 Å². The lowest BCUT2D eigenvalue weighted by Crippen LogP contribution is -2.32. The van der Waals surface area contributed by atoms with Crippen LogP contribution in [-0.2, 0) is 4.79 Å². The van der Waals surface area contributed by atoms with E-state index in [4.69, 9.17) is 27.9 Å². The van der Waals surface area contributed by atoms with Crippen molar-refractivity contribution < 1.29 is 14.3 Å². The van der Waals surface area contributed by atoms with E-state index in [2.05, 4.69) is 25.8 Å². The fourth-order valence-electron chi connectivity index (χ4n) is 2.93. The summed E-state index contributed by atoms with van der Waals surface area (Å²) in [5, 5.41) is 13.9. The van der Waals surface area contributed by atoms with Gasteiger partial charge in [0.2, 0.25) is 11.1 Å². The molecule has 0 unspecified atom stereocenters. The second-order valence-electron chi connectivity index (χ2n) is 7.39. The molecular formula is C22H23Cl2N5O3S. The first-order chi connectivity index (χ1) is 15.8. The molecule has 3 rings (SSSR count). The van der Waals surface area contributed by atoms with Gasteiger partial charge in [-0.1, -0.05) is 54.9 Å². The van der Waals surface area contributed by atoms with E-state index in [1.807, 2.05) is 13.8 Å². The molecule has 11 heteroatoms. The summed E-state index contributed by atoms with van der Waals surface area (Å²) in [5.41, 5.74) is 0.953. The predicted molar refractivity (Wildman–Crippen MR) is 130 cm³/mol. The quantitative estimate of drug-likeness (QED) is 0.352. The highest BCUT2D eigenvalue weighted by atomic mass is 35.5. The van der Waals surface area contributed by atoms with Crippen LogP contribution < -0.4 is 15.4 Å². The molecule has 0 fully saturated rings. The molecule has 8 nitrogen and oxygen atoms in total. The van der Waals surface area contributed by atoms with Crippen molar-refractivity contribution in [3.8, 4) is 5.75 Å². The van der Waals surface area contributed by atoms with Crippen molar-refractivity contribution in [2.45, 2.75) is 25.0 Å². The number of ether oxygens (including phenoxy) is 1. The van der Waals surface area contributed by atoms with Crippen LogP contribution in [0.5, 0.6) is 5.75 Å². The lowest BCUT2D eigenvalue weighted by atomic mass is 10.0. The number of nitrogens with zero attached hydrogens (tertiary/aromatic N) is 2. The zero-order chi connectivity index (χ0) is 24.0. The molecule has 33 heavy (non-hydrogen) atoms. The number of halogens is 2. The Hall–Kier alpha value is -2.75. The van der Waals surface area contributed by atoms with Crippen molar-refractivity contribution in [1.82, 2.24) is 20.5 Å². The van der Waals surface area contributed by atoms with Gasteiger partial charge < -0.3 is 15.4 Å². The highest BCUT2D eigenvalue weighted by molar-refractivity contribution is 7.99. The minimum Gasteiger partial charge on any atom is -0.497 e. The van der Waals surface area contributed by atoms with Gasteiger partial charge in [0.15, 0.2) is 0 Å². The van der Waals surface area contributed by atoms with Crippen LogP contribution in [0.25, 0.3) is 0 Å². The Morgan fingerprint density at radius 2 is 1.97 bits per heavy atom. The average molecular weight is 508 g/mol. The van der Waals surface area contributed by atoms with E-state index < -0.39 is 6.04 Å². The highest BCUT2D eigenvalue weighted by Gasteiger charge is 2.24. The first kappa shape index (κ1) is 24.9. The third-order valence-corrected chi connectivity index (χ3v) is 5.99. The number of aromatic amines is 1. The molecule has 1 aromatic heterocycles. The van der Waals surface area contributed by atoms with Gasteiger partial charge in [-0.3, -0.25) is 14.7 Å². The molecule has 1 heterocycles. The second-order valence-corrected chi connectivity index (χ2v) is 9.18. The summed E-state index contributed by atoms with van der Waals surface area (Å²) in [6, 6.07) is 11.4. The maximum Gasteiger partial charge on any atom is 0.253 e. The zero-order valence-corrected chi connectivity index (χ0v) is 20.5. The Morgan fingerprint density at radius 3 is 2.67 bits per heavy atom. The number of anilines is 1. The number of rotatable bonds is 9. The number of carbonyl (C=O) groups excluding carboxylic acids is 2. The van der Waals surface area contributed by atoms with Crippen molar-refractivity contribution in [2.24, 2.45) is 5.92 Å². The molecule has 0 aliphatic heterocycles. The maximum absolute atomic E-state index is 12.7. The number of carbonyl (C=O) groups is 2. The molecule has 0 aliphatic rings. The first-order valence-electron chi connectivity index (χ1n) is 10.0. The predicted octanol–water partition coefficient (Wildman–Crippen LogP) is 4.98. The summed E-state index contributed by atoms with van der Waals surface area (Å²) >= 11 is 13.2. The van der Waals surface area contributed by atoms with E-state index in [1.54, 1.807) is 43.5 Å². The Balaban J connectivity index is 1.61. The van der Waals surface area contributed by atoms with Gasteiger partial charge in [0.25, 0.3) is 5.91 Å². The normalized spacial score (nSPS) is 11.8. The van der Waals surface area contributed by atoms with Crippen LogP contribution in [0, 0.1) is 5.92 Å². The molecule has 3 aromatic rings. The molecule has 0 spiro atoms. The van der Waals surface area contributed by atoms with Gasteiger partial charge >= 0.3 is 0 Å². The largest absolute Gasteiger partial charge is 0.497 e. The minimum atomic E-state index is -0.434. The van der Waals surface area contributed by atoms with Gasteiger partial charge in [-0.2, -0.15) is 0 Å². The third kappa shape index (κ3) is 6.86. The monoisotopic (exact) mass is 507 g/mol. The molecule has 0 saturated carbocycles. The average Bonchev–Trinajstić information content (AvgIpc) is 3.24. The number of amides is 2. The minimum absolute atomic E-state index is 0.0159. The van der Waals surface area contributed by atoms with Crippen molar-refractivity contribution >= 4 is 52.5 Å². The number of hydrogen-bond donors (Lipinski definition) is 3. The van der Waals surface area contributed by atoms with Crippen molar-refractivity contribution in [2.75, 3.05) is 18.2 Å². The fraction of sp³-hybridized carbons (Fsp3) is 0.273. The standard InChI is InChI=1S/C22H23Cl2N5O3S/c1-12(2)19(26-21(31)16-8-7-13(23)9-17(16)24)20-27-22(29-28-20)33-11-18(30)25-14-5-4-6-15(10-14)32-3/h4-10,12,19H,11H2,1-3H3,(H,25,30)(H,26,31)(H,27,28,29)/t19-/m0/s1. The third-order valence-electron chi connectivity index (χ3n) is 4.59. The van der Waals surface area contributed by atoms with E-state index in [1.165, 1.54) is 17.8 Å². The SMILES string of the molecule is COc1cccc(NC(=O)CSc2n[nH]c([C@@H](NC(=O)c3ccc(Cl)cc3Cl)C(C)C)n2)c1. The zero-order valence-electron chi connectivity index (χ0n) is 18.2. The van der Waals surface area contributed by atoms with E-state index in [9.17, 15) is 9.59 Å². The number of hydrogen-bond acceptors (Lipinski definition) is 6. The summed E-state index contributed by atoms with van der Waals surface area (Å²) in [7, 11) is 1.56. The summed E-state index contributed by atoms with van der Waals surface area (Å²) < 4.78 is 5.15. The van der Waals surface area contributed by atoms with Crippen LogP contribution in [0.1, 0.15) is 36.1 Å². The Morgan fingerprint density at radius 1 is 1.18 bits per heavy atom. The van der Waals surface area contributed by atoms with Gasteiger partial charge in [0.1, 0.15) is 11.6 Å². The summed E-state index contributed by atoms with van der Waals surface area (Å²) in [4.78, 5) is 29.5. The number of H-pyrrole nitrogens is 1. The number of benzene rings is 2. The van der Waals surface area contributed by atoms with Crippen LogP contribution in [0.3, 0.4) is 0 Å². The highest BCUT2D eigenvalue weighted by Crippen LogP contribution is 2.25. The van der Waals surface area contributed by atoms with Crippen LogP contribution in [0.4, 0.5) is 5.69 Å². The van der Waals surface area contributed by atoms with Gasteiger partial charge in [0, 0.05) is 16.8 Å². The molecule has 2 aromatic carbocycles. The molecule has 0 aliphatic carbocycles. The van der Waals surface area contributed by atoms with Crippen LogP contribution in [-0.4, -0.2) is 39.9 Å². The molecule has 0 bridgehead atoms. The Kier molecular flexibility index (Phi) is 8.60. The summed E-state index contributed by atoms with van der Waals surface area (Å²) in [6.45, 7) is 3.90. The lowest BCUT2D eigenvalue weighted by molar-refractivity contribution is -0.113. The van der Waals surface area contributed by atoms with Crippen molar-refractivity contribution in [3.05, 3.63) is 63.9 Å². The van der Waals surface area contributed by atoms with E-state index in [0.717, 1.165) is 0 Å². The number of thioether (sulfide) groups is 1. The smallest absolute Gasteiger partial charge is 0.253 e.